The summed E-state index contributed by atoms with van der Waals surface area (Å²) in [4.78, 5) is 11.9. The van der Waals surface area contributed by atoms with Crippen LogP contribution >= 0.6 is 0 Å². The second kappa shape index (κ2) is 7.76. The molecule has 7 nitrogen and oxygen atoms in total. The van der Waals surface area contributed by atoms with Crippen molar-refractivity contribution in [2.75, 3.05) is 36.5 Å². The number of morpholine rings is 1. The highest BCUT2D eigenvalue weighted by atomic mass is 16.5. The number of aromatic nitrogens is 4. The number of fused-ring (bicyclic) bond motifs is 1. The highest BCUT2D eigenvalue weighted by molar-refractivity contribution is 5.84. The SMILES string of the molecule is Cc1ccc(Nc2cc(-c3ccc4c(cnn4C)c3)nc(N3CCOCC3)n2)cc1. The summed E-state index contributed by atoms with van der Waals surface area (Å²) >= 11 is 0. The molecule has 0 bridgehead atoms. The van der Waals surface area contributed by atoms with Crippen molar-refractivity contribution in [3.05, 3.63) is 60.3 Å². The molecule has 0 unspecified atom stereocenters. The molecular formula is C23H24N6O. The Morgan fingerprint density at radius 3 is 2.57 bits per heavy atom. The third-order valence-electron chi connectivity index (χ3n) is 5.37. The van der Waals surface area contributed by atoms with Gasteiger partial charge >= 0.3 is 0 Å². The molecule has 1 saturated heterocycles. The second-order valence-electron chi connectivity index (χ2n) is 7.57. The molecule has 30 heavy (non-hydrogen) atoms. The summed E-state index contributed by atoms with van der Waals surface area (Å²) in [5, 5.41) is 8.88. The molecule has 0 atom stereocenters. The Bertz CT molecular complexity index is 1180. The molecule has 2 aromatic heterocycles. The number of anilines is 3. The van der Waals surface area contributed by atoms with E-state index < -0.39 is 0 Å². The molecule has 3 heterocycles. The van der Waals surface area contributed by atoms with Crippen LogP contribution in [-0.4, -0.2) is 46.1 Å². The van der Waals surface area contributed by atoms with Crippen LogP contribution in [0.5, 0.6) is 0 Å². The molecule has 4 aromatic rings. The predicted molar refractivity (Wildman–Crippen MR) is 119 cm³/mol. The van der Waals surface area contributed by atoms with Gasteiger partial charge in [0.05, 0.1) is 30.6 Å². The van der Waals surface area contributed by atoms with Crippen molar-refractivity contribution < 1.29 is 4.74 Å². The van der Waals surface area contributed by atoms with Gasteiger partial charge in [-0.05, 0) is 31.2 Å². The summed E-state index contributed by atoms with van der Waals surface area (Å²) in [6.07, 6.45) is 1.88. The number of ether oxygens (including phenoxy) is 1. The number of nitrogens with one attached hydrogen (secondary N) is 1. The van der Waals surface area contributed by atoms with Crippen LogP contribution in [0.3, 0.4) is 0 Å². The van der Waals surface area contributed by atoms with Gasteiger partial charge in [-0.3, -0.25) is 4.68 Å². The molecule has 0 saturated carbocycles. The smallest absolute Gasteiger partial charge is 0.228 e. The van der Waals surface area contributed by atoms with Crippen molar-refractivity contribution in [2.45, 2.75) is 6.92 Å². The van der Waals surface area contributed by atoms with Gasteiger partial charge in [0.2, 0.25) is 5.95 Å². The molecule has 1 fully saturated rings. The van der Waals surface area contributed by atoms with E-state index in [1.54, 1.807) is 0 Å². The van der Waals surface area contributed by atoms with E-state index in [1.807, 2.05) is 24.0 Å². The lowest BCUT2D eigenvalue weighted by Gasteiger charge is -2.27. The zero-order valence-electron chi connectivity index (χ0n) is 17.2. The lowest BCUT2D eigenvalue weighted by molar-refractivity contribution is 0.122. The number of aryl methyl sites for hydroxylation is 2. The van der Waals surface area contributed by atoms with Gasteiger partial charge in [-0.25, -0.2) is 4.98 Å². The van der Waals surface area contributed by atoms with Gasteiger partial charge in [0.15, 0.2) is 0 Å². The Hall–Kier alpha value is -3.45. The zero-order valence-corrected chi connectivity index (χ0v) is 17.2. The second-order valence-corrected chi connectivity index (χ2v) is 7.57. The first kappa shape index (κ1) is 18.6. The normalized spacial score (nSPS) is 14.3. The maximum absolute atomic E-state index is 5.50. The average molecular weight is 400 g/mol. The monoisotopic (exact) mass is 400 g/mol. The van der Waals surface area contributed by atoms with E-state index in [-0.39, 0.29) is 0 Å². The molecule has 0 aliphatic carbocycles. The average Bonchev–Trinajstić information content (AvgIpc) is 3.16. The zero-order chi connectivity index (χ0) is 20.5. The number of hydrogen-bond donors (Lipinski definition) is 1. The van der Waals surface area contributed by atoms with Gasteiger partial charge in [-0.2, -0.15) is 10.1 Å². The molecule has 1 aliphatic rings. The first-order chi connectivity index (χ1) is 14.7. The largest absolute Gasteiger partial charge is 0.378 e. The van der Waals surface area contributed by atoms with Gasteiger partial charge in [0.25, 0.3) is 0 Å². The third kappa shape index (κ3) is 3.71. The van der Waals surface area contributed by atoms with E-state index >= 15 is 0 Å². The van der Waals surface area contributed by atoms with Gasteiger partial charge in [-0.1, -0.05) is 23.8 Å². The summed E-state index contributed by atoms with van der Waals surface area (Å²) in [6.45, 7) is 5.04. The van der Waals surface area contributed by atoms with E-state index in [2.05, 4.69) is 64.7 Å². The summed E-state index contributed by atoms with van der Waals surface area (Å²) in [7, 11) is 1.95. The van der Waals surface area contributed by atoms with E-state index in [9.17, 15) is 0 Å². The molecule has 7 heteroatoms. The van der Waals surface area contributed by atoms with Crippen molar-refractivity contribution in [3.8, 4) is 11.3 Å². The minimum atomic E-state index is 0.690. The fourth-order valence-electron chi connectivity index (χ4n) is 3.66. The van der Waals surface area contributed by atoms with E-state index in [0.717, 1.165) is 52.7 Å². The summed E-state index contributed by atoms with van der Waals surface area (Å²) in [6, 6.07) is 16.6. The fraction of sp³-hybridized carbons (Fsp3) is 0.261. The molecule has 1 N–H and O–H groups in total. The van der Waals surface area contributed by atoms with Crippen LogP contribution in [-0.2, 0) is 11.8 Å². The summed E-state index contributed by atoms with van der Waals surface area (Å²) < 4.78 is 7.38. The molecule has 2 aromatic carbocycles. The summed E-state index contributed by atoms with van der Waals surface area (Å²) in [5.41, 5.74) is 5.24. The topological polar surface area (TPSA) is 68.1 Å². The van der Waals surface area contributed by atoms with E-state index in [4.69, 9.17) is 14.7 Å². The Labute approximate surface area is 175 Å². The maximum atomic E-state index is 5.50. The Morgan fingerprint density at radius 1 is 0.967 bits per heavy atom. The molecule has 0 spiro atoms. The highest BCUT2D eigenvalue weighted by Crippen LogP contribution is 2.28. The van der Waals surface area contributed by atoms with Crippen LogP contribution in [0.2, 0.25) is 0 Å². The van der Waals surface area contributed by atoms with Crippen LogP contribution in [0.1, 0.15) is 5.56 Å². The Kier molecular flexibility index (Phi) is 4.80. The summed E-state index contributed by atoms with van der Waals surface area (Å²) in [5.74, 6) is 1.49. The van der Waals surface area contributed by atoms with Gasteiger partial charge in [-0.15, -0.1) is 0 Å². The van der Waals surface area contributed by atoms with Crippen molar-refractivity contribution >= 4 is 28.4 Å². The molecular weight excluding hydrogens is 376 g/mol. The van der Waals surface area contributed by atoms with Crippen molar-refractivity contribution in [1.82, 2.24) is 19.7 Å². The van der Waals surface area contributed by atoms with Crippen LogP contribution in [0.25, 0.3) is 22.2 Å². The number of hydrogen-bond acceptors (Lipinski definition) is 6. The number of rotatable bonds is 4. The lowest BCUT2D eigenvalue weighted by Crippen LogP contribution is -2.37. The van der Waals surface area contributed by atoms with Crippen molar-refractivity contribution in [2.24, 2.45) is 7.05 Å². The molecule has 5 rings (SSSR count). The first-order valence-electron chi connectivity index (χ1n) is 10.1. The number of nitrogens with zero attached hydrogens (tertiary/aromatic N) is 5. The highest BCUT2D eigenvalue weighted by Gasteiger charge is 2.17. The quantitative estimate of drug-likeness (QED) is 0.560. The predicted octanol–water partition coefficient (Wildman–Crippen LogP) is 3.92. The fourth-order valence-corrected chi connectivity index (χ4v) is 3.66. The van der Waals surface area contributed by atoms with Crippen LogP contribution < -0.4 is 10.2 Å². The Morgan fingerprint density at radius 2 is 1.77 bits per heavy atom. The lowest BCUT2D eigenvalue weighted by atomic mass is 10.1. The van der Waals surface area contributed by atoms with Crippen LogP contribution in [0.15, 0.2) is 54.7 Å². The maximum Gasteiger partial charge on any atom is 0.228 e. The minimum absolute atomic E-state index is 0.690. The van der Waals surface area contributed by atoms with Crippen molar-refractivity contribution in [1.29, 1.82) is 0 Å². The third-order valence-corrected chi connectivity index (χ3v) is 5.37. The minimum Gasteiger partial charge on any atom is -0.378 e. The van der Waals surface area contributed by atoms with Gasteiger partial charge in [0.1, 0.15) is 5.82 Å². The van der Waals surface area contributed by atoms with Gasteiger partial charge in [0, 0.05) is 42.8 Å². The van der Waals surface area contributed by atoms with E-state index in [1.165, 1.54) is 5.56 Å². The van der Waals surface area contributed by atoms with Crippen LogP contribution in [0, 0.1) is 6.92 Å². The van der Waals surface area contributed by atoms with E-state index in [0.29, 0.717) is 13.2 Å². The van der Waals surface area contributed by atoms with Crippen molar-refractivity contribution in [3.63, 3.8) is 0 Å². The molecule has 1 aliphatic heterocycles. The standard InChI is InChI=1S/C23H24N6O/c1-16-3-6-19(7-4-16)25-22-14-20(26-23(27-22)29-9-11-30-12-10-29)17-5-8-21-18(13-17)15-24-28(21)2/h3-8,13-15H,9-12H2,1-2H3,(H,25,26,27). The molecule has 0 radical (unpaired) electrons. The first-order valence-corrected chi connectivity index (χ1v) is 10.1. The van der Waals surface area contributed by atoms with Gasteiger partial charge < -0.3 is 15.0 Å². The Balaban J connectivity index is 1.56. The number of benzene rings is 2. The molecule has 152 valence electrons. The van der Waals surface area contributed by atoms with Crippen LogP contribution in [0.4, 0.5) is 17.5 Å². The molecule has 0 amide bonds.